The van der Waals surface area contributed by atoms with Gasteiger partial charge < -0.3 is 4.85 Å². The molecule has 13 heavy (non-hydrogen) atoms. The number of benzene rings is 1. The lowest BCUT2D eigenvalue weighted by atomic mass is 10.2. The lowest BCUT2D eigenvalue weighted by Crippen LogP contribution is -1.74. The number of rotatable bonds is 1. The summed E-state index contributed by atoms with van der Waals surface area (Å²) in [6.07, 6.45) is 0. The van der Waals surface area contributed by atoms with Gasteiger partial charge in [0.2, 0.25) is 6.54 Å². The van der Waals surface area contributed by atoms with Gasteiger partial charge in [0.15, 0.2) is 0 Å². The van der Waals surface area contributed by atoms with Crippen LogP contribution in [-0.2, 0) is 6.54 Å². The molecular weight excluding hydrogens is 158 g/mol. The van der Waals surface area contributed by atoms with Crippen molar-refractivity contribution >= 4 is 0 Å². The Balaban J connectivity index is 0. The summed E-state index contributed by atoms with van der Waals surface area (Å²) in [5, 5.41) is 0. The van der Waals surface area contributed by atoms with E-state index in [4.69, 9.17) is 6.57 Å². The Hall–Kier alpha value is -1.29. The van der Waals surface area contributed by atoms with E-state index in [1.807, 2.05) is 58.0 Å². The third-order valence-corrected chi connectivity index (χ3v) is 1.10. The molecule has 0 atom stereocenters. The minimum atomic E-state index is 0.501. The lowest BCUT2D eigenvalue weighted by Gasteiger charge is -1.85. The van der Waals surface area contributed by atoms with Crippen LogP contribution in [0.15, 0.2) is 30.3 Å². The quantitative estimate of drug-likeness (QED) is 0.567. The fraction of sp³-hybridized carbons (Fsp3) is 0.417. The van der Waals surface area contributed by atoms with Crippen LogP contribution >= 0.6 is 0 Å². The largest absolute Gasteiger partial charge is 0.312 e. The second-order valence-electron chi connectivity index (χ2n) is 1.80. The average Bonchev–Trinajstić information content (AvgIpc) is 2.26. The lowest BCUT2D eigenvalue weighted by molar-refractivity contribution is 1.27. The van der Waals surface area contributed by atoms with Crippen LogP contribution in [0.4, 0.5) is 0 Å². The van der Waals surface area contributed by atoms with Crippen molar-refractivity contribution in [2.75, 3.05) is 0 Å². The second kappa shape index (κ2) is 13.3. The molecule has 0 aliphatic rings. The summed E-state index contributed by atoms with van der Waals surface area (Å²) in [6.45, 7) is 15.1. The van der Waals surface area contributed by atoms with Crippen molar-refractivity contribution in [3.8, 4) is 0 Å². The number of nitrogens with zero attached hydrogens (tertiary/aromatic N) is 1. The van der Waals surface area contributed by atoms with E-state index in [1.165, 1.54) is 0 Å². The summed E-state index contributed by atoms with van der Waals surface area (Å²) >= 11 is 0. The van der Waals surface area contributed by atoms with Gasteiger partial charge in [0, 0.05) is 5.56 Å². The fourth-order valence-electron chi connectivity index (χ4n) is 0.675. The van der Waals surface area contributed by atoms with E-state index in [9.17, 15) is 0 Å². The molecule has 0 saturated carbocycles. The first-order valence-corrected chi connectivity index (χ1v) is 4.80. The smallest absolute Gasteiger partial charge is 0.239 e. The van der Waals surface area contributed by atoms with Crippen molar-refractivity contribution in [1.29, 1.82) is 0 Å². The molecule has 1 rings (SSSR count). The molecular formula is C12H19N. The van der Waals surface area contributed by atoms with Crippen LogP contribution in [0.2, 0.25) is 0 Å². The molecule has 0 unspecified atom stereocenters. The monoisotopic (exact) mass is 177 g/mol. The van der Waals surface area contributed by atoms with Gasteiger partial charge in [0.1, 0.15) is 0 Å². The Labute approximate surface area is 82.2 Å². The van der Waals surface area contributed by atoms with Gasteiger partial charge in [-0.2, -0.15) is 0 Å². The van der Waals surface area contributed by atoms with E-state index in [-0.39, 0.29) is 0 Å². The summed E-state index contributed by atoms with van der Waals surface area (Å²) < 4.78 is 0. The summed E-state index contributed by atoms with van der Waals surface area (Å²) in [5.41, 5.74) is 1.09. The SMILES string of the molecule is CC.CC.[C-]#[N+]Cc1ccccc1. The highest BCUT2D eigenvalue weighted by molar-refractivity contribution is 5.15. The zero-order valence-corrected chi connectivity index (χ0v) is 9.04. The van der Waals surface area contributed by atoms with E-state index in [1.54, 1.807) is 0 Å². The maximum absolute atomic E-state index is 6.57. The van der Waals surface area contributed by atoms with Crippen LogP contribution in [0.1, 0.15) is 33.3 Å². The molecule has 0 heterocycles. The zero-order valence-electron chi connectivity index (χ0n) is 9.04. The highest BCUT2D eigenvalue weighted by Crippen LogP contribution is 1.98. The Morgan fingerprint density at radius 3 is 1.85 bits per heavy atom. The summed E-state index contributed by atoms with van der Waals surface area (Å²) in [7, 11) is 0. The molecule has 72 valence electrons. The fourth-order valence-corrected chi connectivity index (χ4v) is 0.675. The van der Waals surface area contributed by atoms with Gasteiger partial charge in [-0.15, -0.1) is 0 Å². The first-order chi connectivity index (χ1) is 6.43. The first kappa shape index (κ1) is 14.2. The topological polar surface area (TPSA) is 4.36 Å². The molecule has 0 spiro atoms. The molecule has 0 saturated heterocycles. The number of hydrogen-bond donors (Lipinski definition) is 0. The van der Waals surface area contributed by atoms with Crippen molar-refractivity contribution in [3.63, 3.8) is 0 Å². The minimum Gasteiger partial charge on any atom is -0.312 e. The summed E-state index contributed by atoms with van der Waals surface area (Å²) in [5.74, 6) is 0. The van der Waals surface area contributed by atoms with Crippen LogP contribution in [0.5, 0.6) is 0 Å². The Kier molecular flexibility index (Phi) is 14.6. The minimum absolute atomic E-state index is 0.501. The molecule has 0 amide bonds. The molecule has 0 bridgehead atoms. The zero-order chi connectivity index (χ0) is 10.5. The summed E-state index contributed by atoms with van der Waals surface area (Å²) in [4.78, 5) is 3.26. The Morgan fingerprint density at radius 2 is 1.46 bits per heavy atom. The van der Waals surface area contributed by atoms with Gasteiger partial charge in [-0.3, -0.25) is 0 Å². The van der Waals surface area contributed by atoms with Crippen molar-refractivity contribution in [2.24, 2.45) is 0 Å². The predicted molar refractivity (Wildman–Crippen MR) is 59.4 cm³/mol. The van der Waals surface area contributed by atoms with Gasteiger partial charge in [0.05, 0.1) is 0 Å². The molecule has 1 aromatic carbocycles. The van der Waals surface area contributed by atoms with E-state index in [0.29, 0.717) is 6.54 Å². The second-order valence-corrected chi connectivity index (χ2v) is 1.80. The highest BCUT2D eigenvalue weighted by atomic mass is 14.6. The standard InChI is InChI=1S/C8H7N.2C2H6/c1-9-7-8-5-3-2-4-6-8;2*1-2/h2-6H,7H2;2*1-2H3. The van der Waals surface area contributed by atoms with Crippen molar-refractivity contribution < 1.29 is 0 Å². The third kappa shape index (κ3) is 8.62. The van der Waals surface area contributed by atoms with E-state index in [2.05, 4.69) is 4.85 Å². The van der Waals surface area contributed by atoms with Crippen LogP contribution in [0.25, 0.3) is 4.85 Å². The Bertz CT molecular complexity index is 208. The first-order valence-electron chi connectivity index (χ1n) is 4.80. The molecule has 0 fully saturated rings. The van der Waals surface area contributed by atoms with Crippen LogP contribution < -0.4 is 0 Å². The molecule has 0 radical (unpaired) electrons. The van der Waals surface area contributed by atoms with Crippen LogP contribution in [0, 0.1) is 6.57 Å². The van der Waals surface area contributed by atoms with E-state index >= 15 is 0 Å². The summed E-state index contributed by atoms with van der Waals surface area (Å²) in [6, 6.07) is 9.75. The predicted octanol–water partition coefficient (Wildman–Crippen LogP) is 4.16. The number of hydrogen-bond acceptors (Lipinski definition) is 0. The third-order valence-electron chi connectivity index (χ3n) is 1.10. The van der Waals surface area contributed by atoms with Gasteiger partial charge in [-0.25, -0.2) is 6.57 Å². The molecule has 1 nitrogen and oxygen atoms in total. The molecule has 1 heteroatoms. The van der Waals surface area contributed by atoms with E-state index < -0.39 is 0 Å². The van der Waals surface area contributed by atoms with Crippen molar-refractivity contribution in [3.05, 3.63) is 47.3 Å². The molecule has 0 aliphatic carbocycles. The van der Waals surface area contributed by atoms with Gasteiger partial charge in [-0.05, 0) is 0 Å². The molecule has 0 aliphatic heterocycles. The highest BCUT2D eigenvalue weighted by Gasteiger charge is 1.88. The molecule has 1 aromatic rings. The van der Waals surface area contributed by atoms with Gasteiger partial charge in [-0.1, -0.05) is 58.0 Å². The maximum atomic E-state index is 6.57. The van der Waals surface area contributed by atoms with Crippen LogP contribution in [0.3, 0.4) is 0 Å². The molecule has 0 aromatic heterocycles. The Morgan fingerprint density at radius 1 is 1.00 bits per heavy atom. The van der Waals surface area contributed by atoms with Crippen molar-refractivity contribution in [2.45, 2.75) is 34.2 Å². The maximum Gasteiger partial charge on any atom is 0.239 e. The van der Waals surface area contributed by atoms with Gasteiger partial charge in [0.25, 0.3) is 0 Å². The average molecular weight is 177 g/mol. The molecule has 0 N–H and O–H groups in total. The van der Waals surface area contributed by atoms with Gasteiger partial charge >= 0.3 is 0 Å². The van der Waals surface area contributed by atoms with Crippen LogP contribution in [-0.4, -0.2) is 0 Å². The normalized spacial score (nSPS) is 6.69. The van der Waals surface area contributed by atoms with E-state index in [0.717, 1.165) is 5.56 Å². The van der Waals surface area contributed by atoms with Crippen molar-refractivity contribution in [1.82, 2.24) is 0 Å².